The van der Waals surface area contributed by atoms with Gasteiger partial charge in [-0.2, -0.15) is 18.2 Å². The van der Waals surface area contributed by atoms with Gasteiger partial charge in [0, 0.05) is 19.3 Å². The van der Waals surface area contributed by atoms with E-state index in [1.165, 1.54) is 10.8 Å². The van der Waals surface area contributed by atoms with Gasteiger partial charge in [-0.3, -0.25) is 14.3 Å². The Balaban J connectivity index is 2.00. The number of pyridine rings is 1. The number of halogens is 3. The van der Waals surface area contributed by atoms with Crippen LogP contribution in [-0.4, -0.2) is 26.7 Å². The summed E-state index contributed by atoms with van der Waals surface area (Å²) in [6.45, 7) is 1.74. The van der Waals surface area contributed by atoms with Gasteiger partial charge in [0.1, 0.15) is 11.1 Å². The zero-order valence-corrected chi connectivity index (χ0v) is 16.6. The highest BCUT2D eigenvalue weighted by atomic mass is 19.4. The first kappa shape index (κ1) is 20.6. The van der Waals surface area contributed by atoms with Crippen molar-refractivity contribution in [3.63, 3.8) is 0 Å². The highest BCUT2D eigenvalue weighted by Crippen LogP contribution is 2.34. The molecule has 0 unspecified atom stereocenters. The van der Waals surface area contributed by atoms with E-state index < -0.39 is 34.6 Å². The number of aromatic nitrogens is 4. The molecule has 0 spiro atoms. The van der Waals surface area contributed by atoms with Crippen molar-refractivity contribution in [3.8, 4) is 11.5 Å². The molecular weight excluding hydrogens is 411 g/mol. The van der Waals surface area contributed by atoms with Gasteiger partial charge in [-0.05, 0) is 31.0 Å². The van der Waals surface area contributed by atoms with Crippen LogP contribution in [0.15, 0.2) is 58.0 Å². The van der Waals surface area contributed by atoms with E-state index in [1.807, 2.05) is 30.3 Å². The Morgan fingerprint density at radius 1 is 1.16 bits per heavy atom. The monoisotopic (exact) mass is 429 g/mol. The molecule has 4 aromatic rings. The van der Waals surface area contributed by atoms with Gasteiger partial charge < -0.3 is 9.84 Å². The molecule has 0 aliphatic rings. The molecule has 1 N–H and O–H groups in total. The van der Waals surface area contributed by atoms with Crippen LogP contribution in [0.5, 0.6) is 0 Å². The second-order valence-electron chi connectivity index (χ2n) is 7.01. The van der Waals surface area contributed by atoms with Gasteiger partial charge in [0.2, 0.25) is 5.69 Å². The maximum Gasteiger partial charge on any atom is 0.437 e. The van der Waals surface area contributed by atoms with E-state index in [0.29, 0.717) is 17.8 Å². The van der Waals surface area contributed by atoms with E-state index >= 15 is 0 Å². The van der Waals surface area contributed by atoms with Crippen LogP contribution in [0.25, 0.3) is 22.6 Å². The number of benzene rings is 1. The van der Waals surface area contributed by atoms with Crippen molar-refractivity contribution >= 4 is 16.8 Å². The van der Waals surface area contributed by atoms with E-state index in [1.54, 1.807) is 26.1 Å². The van der Waals surface area contributed by atoms with Crippen LogP contribution in [0, 0.1) is 0 Å². The fourth-order valence-corrected chi connectivity index (χ4v) is 3.52. The molecule has 3 aromatic heterocycles. The minimum absolute atomic E-state index is 0.0933. The van der Waals surface area contributed by atoms with Crippen molar-refractivity contribution in [2.45, 2.75) is 25.6 Å². The second-order valence-corrected chi connectivity index (χ2v) is 7.01. The summed E-state index contributed by atoms with van der Waals surface area (Å²) < 4.78 is 46.3. The molecule has 0 aliphatic heterocycles. The third kappa shape index (κ3) is 3.76. The van der Waals surface area contributed by atoms with Gasteiger partial charge >= 0.3 is 6.18 Å². The molecule has 4 rings (SSSR count). The molecule has 3 heterocycles. The van der Waals surface area contributed by atoms with E-state index in [2.05, 4.69) is 20.4 Å². The Morgan fingerprint density at radius 2 is 1.90 bits per heavy atom. The molecule has 0 bridgehead atoms. The number of hydrogen-bond donors (Lipinski definition) is 1. The molecule has 1 aromatic carbocycles. The van der Waals surface area contributed by atoms with Crippen molar-refractivity contribution in [1.29, 1.82) is 0 Å². The van der Waals surface area contributed by atoms with Gasteiger partial charge in [0.25, 0.3) is 11.3 Å². The van der Waals surface area contributed by atoms with Crippen molar-refractivity contribution in [1.82, 2.24) is 19.7 Å². The fourth-order valence-electron chi connectivity index (χ4n) is 3.52. The number of rotatable bonds is 5. The molecule has 1 atom stereocenters. The quantitative estimate of drug-likeness (QED) is 0.509. The highest BCUT2D eigenvalue weighted by molar-refractivity contribution is 5.79. The SMILES string of the molecule is CNc1cccnc1-c1nc2onc(C(F)(F)F)c2c(=O)n1[C@H](C)Cc1ccccc1. The third-order valence-electron chi connectivity index (χ3n) is 4.91. The molecule has 160 valence electrons. The van der Waals surface area contributed by atoms with E-state index in [0.717, 1.165) is 5.56 Å². The summed E-state index contributed by atoms with van der Waals surface area (Å²) in [5.74, 6) is 0.0933. The molecule has 0 radical (unpaired) electrons. The van der Waals surface area contributed by atoms with Crippen molar-refractivity contribution < 1.29 is 17.7 Å². The van der Waals surface area contributed by atoms with Gasteiger partial charge in [-0.15, -0.1) is 0 Å². The van der Waals surface area contributed by atoms with E-state index in [9.17, 15) is 18.0 Å². The maximum atomic E-state index is 13.4. The molecule has 0 aliphatic carbocycles. The van der Waals surface area contributed by atoms with Gasteiger partial charge in [-0.25, -0.2) is 0 Å². The number of nitrogens with one attached hydrogen (secondary N) is 1. The van der Waals surface area contributed by atoms with Crippen LogP contribution in [0.3, 0.4) is 0 Å². The Bertz CT molecular complexity index is 1280. The van der Waals surface area contributed by atoms with Crippen LogP contribution in [0.2, 0.25) is 0 Å². The van der Waals surface area contributed by atoms with Crippen LogP contribution in [-0.2, 0) is 12.6 Å². The number of nitrogens with zero attached hydrogens (tertiary/aromatic N) is 4. The van der Waals surface area contributed by atoms with Crippen molar-refractivity contribution in [3.05, 3.63) is 70.3 Å². The predicted molar refractivity (Wildman–Crippen MR) is 109 cm³/mol. The van der Waals surface area contributed by atoms with E-state index in [4.69, 9.17) is 4.52 Å². The van der Waals surface area contributed by atoms with Crippen molar-refractivity contribution in [2.24, 2.45) is 0 Å². The lowest BCUT2D eigenvalue weighted by Gasteiger charge is -2.20. The first-order chi connectivity index (χ1) is 14.8. The lowest BCUT2D eigenvalue weighted by Crippen LogP contribution is -2.29. The summed E-state index contributed by atoms with van der Waals surface area (Å²) in [4.78, 5) is 21.9. The first-order valence-electron chi connectivity index (χ1n) is 9.47. The number of fused-ring (bicyclic) bond motifs is 1. The largest absolute Gasteiger partial charge is 0.437 e. The normalized spacial score (nSPS) is 12.8. The number of hydrogen-bond acceptors (Lipinski definition) is 6. The summed E-state index contributed by atoms with van der Waals surface area (Å²) in [5.41, 5.74) is -0.960. The Kier molecular flexibility index (Phi) is 5.22. The lowest BCUT2D eigenvalue weighted by atomic mass is 10.1. The van der Waals surface area contributed by atoms with Crippen LogP contribution < -0.4 is 10.9 Å². The lowest BCUT2D eigenvalue weighted by molar-refractivity contribution is -0.141. The zero-order chi connectivity index (χ0) is 22.2. The van der Waals surface area contributed by atoms with Crippen molar-refractivity contribution in [2.75, 3.05) is 12.4 Å². The molecule has 31 heavy (non-hydrogen) atoms. The summed E-state index contributed by atoms with van der Waals surface area (Å²) in [7, 11) is 1.67. The summed E-state index contributed by atoms with van der Waals surface area (Å²) in [6.07, 6.45) is -2.94. The van der Waals surface area contributed by atoms with Gasteiger partial charge in [0.05, 0.1) is 5.69 Å². The summed E-state index contributed by atoms with van der Waals surface area (Å²) in [5, 5.41) is 5.34. The highest BCUT2D eigenvalue weighted by Gasteiger charge is 2.40. The molecule has 7 nitrogen and oxygen atoms in total. The zero-order valence-electron chi connectivity index (χ0n) is 16.6. The minimum Gasteiger partial charge on any atom is -0.386 e. The summed E-state index contributed by atoms with van der Waals surface area (Å²) in [6, 6.07) is 12.2. The molecule has 10 heteroatoms. The van der Waals surface area contributed by atoms with Crippen LogP contribution >= 0.6 is 0 Å². The fraction of sp³-hybridized carbons (Fsp3) is 0.238. The average Bonchev–Trinajstić information content (AvgIpc) is 3.19. The van der Waals surface area contributed by atoms with E-state index in [-0.39, 0.29) is 5.82 Å². The molecule has 0 amide bonds. The maximum absolute atomic E-state index is 13.4. The minimum atomic E-state index is -4.85. The molecule has 0 saturated carbocycles. The van der Waals surface area contributed by atoms with Gasteiger partial charge in [0.15, 0.2) is 5.82 Å². The molecule has 0 fully saturated rings. The average molecular weight is 429 g/mol. The van der Waals surface area contributed by atoms with Crippen LogP contribution in [0.4, 0.5) is 18.9 Å². The first-order valence-corrected chi connectivity index (χ1v) is 9.47. The predicted octanol–water partition coefficient (Wildman–Crippen LogP) is 4.31. The second kappa shape index (κ2) is 7.86. The Hall–Kier alpha value is -3.69. The number of alkyl halides is 3. The molecular formula is C21H18F3N5O2. The van der Waals surface area contributed by atoms with Gasteiger partial charge in [-0.1, -0.05) is 35.5 Å². The Labute approximate surface area is 174 Å². The standard InChI is InChI=1S/C21H18F3N5O2/c1-12(11-13-7-4-3-5-8-13)29-18(16-14(25-2)9-6-10-26-16)27-19-15(20(29)30)17(28-31-19)21(22,23)24/h3-10,12,25H,11H2,1-2H3/t12-/m1/s1. The number of anilines is 1. The third-order valence-corrected chi connectivity index (χ3v) is 4.91. The topological polar surface area (TPSA) is 85.8 Å². The van der Waals surface area contributed by atoms with Crippen LogP contribution in [0.1, 0.15) is 24.2 Å². The summed E-state index contributed by atoms with van der Waals surface area (Å²) >= 11 is 0. The molecule has 0 saturated heterocycles. The smallest absolute Gasteiger partial charge is 0.386 e. The Morgan fingerprint density at radius 3 is 2.58 bits per heavy atom.